The summed E-state index contributed by atoms with van der Waals surface area (Å²) in [5, 5.41) is 11.5. The number of carbonyl (C=O) groups is 3. The van der Waals surface area contributed by atoms with Crippen molar-refractivity contribution in [2.75, 3.05) is 18.1 Å². The molecular formula is C31H32N2O6S. The van der Waals surface area contributed by atoms with Crippen LogP contribution in [0.25, 0.3) is 5.76 Å². The summed E-state index contributed by atoms with van der Waals surface area (Å²) in [5.41, 5.74) is 2.23. The number of carbonyl (C=O) groups excluding carboxylic acids is 3. The van der Waals surface area contributed by atoms with Crippen LogP contribution in [0.5, 0.6) is 5.75 Å². The SMILES string of the molecule is C=CCOC(=O)c1sc(N2C(=O)C(=O)/C(=C(\O)c3ccc(OCC)cc3)C2c2ccc(C(C)(C)C)cc2)nc1C. The van der Waals surface area contributed by atoms with Crippen LogP contribution in [0.2, 0.25) is 0 Å². The first-order valence-electron chi connectivity index (χ1n) is 12.9. The van der Waals surface area contributed by atoms with Gasteiger partial charge in [-0.15, -0.1) is 0 Å². The predicted molar refractivity (Wildman–Crippen MR) is 155 cm³/mol. The second-order valence-electron chi connectivity index (χ2n) is 10.3. The number of anilines is 1. The molecule has 1 fully saturated rings. The van der Waals surface area contributed by atoms with E-state index in [1.165, 1.54) is 11.0 Å². The highest BCUT2D eigenvalue weighted by molar-refractivity contribution is 7.17. The molecule has 1 aromatic heterocycles. The summed E-state index contributed by atoms with van der Waals surface area (Å²) in [6.45, 7) is 13.8. The molecule has 9 heteroatoms. The lowest BCUT2D eigenvalue weighted by Gasteiger charge is -2.24. The number of esters is 1. The van der Waals surface area contributed by atoms with E-state index in [-0.39, 0.29) is 33.4 Å². The molecule has 40 heavy (non-hydrogen) atoms. The van der Waals surface area contributed by atoms with Crippen LogP contribution >= 0.6 is 11.3 Å². The molecular weight excluding hydrogens is 528 g/mol. The van der Waals surface area contributed by atoms with E-state index < -0.39 is 23.7 Å². The Kier molecular flexibility index (Phi) is 8.25. The van der Waals surface area contributed by atoms with Gasteiger partial charge < -0.3 is 14.6 Å². The number of aliphatic hydroxyl groups excluding tert-OH is 1. The number of aromatic nitrogens is 1. The molecule has 1 aliphatic heterocycles. The minimum absolute atomic E-state index is 0.0260. The quantitative estimate of drug-likeness (QED) is 0.116. The van der Waals surface area contributed by atoms with Gasteiger partial charge in [0.05, 0.1) is 23.9 Å². The van der Waals surface area contributed by atoms with E-state index in [1.54, 1.807) is 31.2 Å². The first kappa shape index (κ1) is 28.8. The van der Waals surface area contributed by atoms with E-state index in [4.69, 9.17) is 9.47 Å². The Labute approximate surface area is 237 Å². The Morgan fingerprint density at radius 3 is 2.35 bits per heavy atom. The fraction of sp³-hybridized carbons (Fsp3) is 0.290. The summed E-state index contributed by atoms with van der Waals surface area (Å²) >= 11 is 0.956. The van der Waals surface area contributed by atoms with Gasteiger partial charge >= 0.3 is 11.9 Å². The van der Waals surface area contributed by atoms with Gasteiger partial charge in [0.1, 0.15) is 23.0 Å². The number of amides is 1. The molecule has 1 amide bonds. The molecule has 1 N–H and O–H groups in total. The molecule has 0 bridgehead atoms. The monoisotopic (exact) mass is 560 g/mol. The second-order valence-corrected chi connectivity index (χ2v) is 11.3. The smallest absolute Gasteiger partial charge is 0.350 e. The van der Waals surface area contributed by atoms with Gasteiger partial charge in [-0.25, -0.2) is 9.78 Å². The minimum atomic E-state index is -0.969. The number of nitrogens with zero attached hydrogens (tertiary/aromatic N) is 2. The molecule has 2 heterocycles. The number of rotatable bonds is 8. The van der Waals surface area contributed by atoms with E-state index in [1.807, 2.05) is 31.2 Å². The van der Waals surface area contributed by atoms with Crippen molar-refractivity contribution in [1.82, 2.24) is 4.98 Å². The average molecular weight is 561 g/mol. The number of hydrogen-bond donors (Lipinski definition) is 1. The third kappa shape index (κ3) is 5.56. The van der Waals surface area contributed by atoms with Crippen LogP contribution in [0.3, 0.4) is 0 Å². The van der Waals surface area contributed by atoms with E-state index in [2.05, 4.69) is 32.3 Å². The van der Waals surface area contributed by atoms with Gasteiger partial charge in [-0.1, -0.05) is 69.0 Å². The maximum atomic E-state index is 13.5. The Balaban J connectivity index is 1.87. The molecule has 1 saturated heterocycles. The molecule has 208 valence electrons. The van der Waals surface area contributed by atoms with E-state index in [9.17, 15) is 19.5 Å². The molecule has 0 spiro atoms. The Bertz CT molecular complexity index is 1480. The third-order valence-electron chi connectivity index (χ3n) is 6.48. The van der Waals surface area contributed by atoms with Crippen LogP contribution in [0.15, 0.2) is 66.8 Å². The number of ether oxygens (including phenoxy) is 2. The molecule has 8 nitrogen and oxygen atoms in total. The Morgan fingerprint density at radius 1 is 1.12 bits per heavy atom. The molecule has 4 rings (SSSR count). The topological polar surface area (TPSA) is 106 Å². The number of thiazole rings is 1. The molecule has 0 saturated carbocycles. The number of Topliss-reactive ketones (excluding diaryl/α,β-unsaturated/α-hetero) is 1. The normalized spacial score (nSPS) is 16.7. The van der Waals surface area contributed by atoms with Crippen LogP contribution in [0.4, 0.5) is 5.13 Å². The Morgan fingerprint density at radius 2 is 1.77 bits per heavy atom. The van der Waals surface area contributed by atoms with Crippen molar-refractivity contribution in [1.29, 1.82) is 0 Å². The zero-order chi connectivity index (χ0) is 29.2. The van der Waals surface area contributed by atoms with Gasteiger partial charge in [0, 0.05) is 5.56 Å². The van der Waals surface area contributed by atoms with Crippen molar-refractivity contribution >= 4 is 39.9 Å². The summed E-state index contributed by atoms with van der Waals surface area (Å²) < 4.78 is 10.7. The van der Waals surface area contributed by atoms with Crippen molar-refractivity contribution in [2.45, 2.75) is 46.1 Å². The van der Waals surface area contributed by atoms with Crippen molar-refractivity contribution in [3.05, 3.63) is 94.0 Å². The van der Waals surface area contributed by atoms with Crippen LogP contribution in [0, 0.1) is 6.92 Å². The molecule has 1 unspecified atom stereocenters. The van der Waals surface area contributed by atoms with Crippen molar-refractivity contribution in [2.24, 2.45) is 0 Å². The van der Waals surface area contributed by atoms with Crippen LogP contribution in [0.1, 0.15) is 65.8 Å². The molecule has 1 atom stereocenters. The number of ketones is 1. The van der Waals surface area contributed by atoms with Crippen LogP contribution in [-0.4, -0.2) is 41.0 Å². The van der Waals surface area contributed by atoms with E-state index in [0.717, 1.165) is 16.9 Å². The lowest BCUT2D eigenvalue weighted by atomic mass is 9.85. The first-order chi connectivity index (χ1) is 19.0. The summed E-state index contributed by atoms with van der Waals surface area (Å²) in [7, 11) is 0. The van der Waals surface area contributed by atoms with Crippen molar-refractivity contribution in [3.8, 4) is 5.75 Å². The van der Waals surface area contributed by atoms with Gasteiger partial charge in [0.25, 0.3) is 5.78 Å². The van der Waals surface area contributed by atoms with Gasteiger partial charge in [-0.2, -0.15) is 0 Å². The van der Waals surface area contributed by atoms with Gasteiger partial charge in [-0.05, 0) is 54.7 Å². The number of aliphatic hydroxyl groups is 1. The van der Waals surface area contributed by atoms with Crippen LogP contribution < -0.4 is 9.64 Å². The van der Waals surface area contributed by atoms with Gasteiger partial charge in [-0.3, -0.25) is 14.5 Å². The van der Waals surface area contributed by atoms with E-state index in [0.29, 0.717) is 29.2 Å². The summed E-state index contributed by atoms with van der Waals surface area (Å²) in [6, 6.07) is 13.2. The van der Waals surface area contributed by atoms with Crippen molar-refractivity contribution < 1.29 is 29.0 Å². The highest BCUT2D eigenvalue weighted by Crippen LogP contribution is 2.44. The van der Waals surface area contributed by atoms with Crippen LogP contribution in [-0.2, 0) is 19.7 Å². The Hall–Kier alpha value is -4.24. The predicted octanol–water partition coefficient (Wildman–Crippen LogP) is 6.12. The number of hydrogen-bond acceptors (Lipinski definition) is 8. The fourth-order valence-electron chi connectivity index (χ4n) is 4.42. The highest BCUT2D eigenvalue weighted by atomic mass is 32.1. The molecule has 0 radical (unpaired) electrons. The summed E-state index contributed by atoms with van der Waals surface area (Å²) in [4.78, 5) is 45.5. The average Bonchev–Trinajstić information content (AvgIpc) is 3.43. The first-order valence-corrected chi connectivity index (χ1v) is 13.7. The third-order valence-corrected chi connectivity index (χ3v) is 7.62. The molecule has 1 aliphatic rings. The standard InChI is InChI=1S/C31H32N2O6S/c1-7-17-39-29(37)27-18(3)32-30(40-27)33-24(19-9-13-21(14-10-19)31(4,5)6)23(26(35)28(33)36)25(34)20-11-15-22(16-12-20)38-8-2/h7,9-16,24,34H,1,8,17H2,2-6H3/b25-23-. The lowest BCUT2D eigenvalue weighted by molar-refractivity contribution is -0.132. The van der Waals surface area contributed by atoms with E-state index >= 15 is 0 Å². The molecule has 2 aromatic carbocycles. The summed E-state index contributed by atoms with van der Waals surface area (Å²) in [6.07, 6.45) is 1.45. The second kappa shape index (κ2) is 11.5. The van der Waals surface area contributed by atoms with Gasteiger partial charge in [0.15, 0.2) is 5.13 Å². The van der Waals surface area contributed by atoms with Gasteiger partial charge in [0.2, 0.25) is 0 Å². The fourth-order valence-corrected chi connectivity index (χ4v) is 5.40. The zero-order valence-corrected chi connectivity index (χ0v) is 24.0. The molecule has 0 aliphatic carbocycles. The lowest BCUT2D eigenvalue weighted by Crippen LogP contribution is -2.29. The maximum Gasteiger partial charge on any atom is 0.350 e. The zero-order valence-electron chi connectivity index (χ0n) is 23.2. The maximum absolute atomic E-state index is 13.5. The number of aryl methyl sites for hydroxylation is 1. The van der Waals surface area contributed by atoms with Crippen molar-refractivity contribution in [3.63, 3.8) is 0 Å². The number of benzene rings is 2. The highest BCUT2D eigenvalue weighted by Gasteiger charge is 2.48. The minimum Gasteiger partial charge on any atom is -0.507 e. The largest absolute Gasteiger partial charge is 0.507 e. The summed E-state index contributed by atoms with van der Waals surface area (Å²) in [5.74, 6) is -1.99. The molecule has 3 aromatic rings.